The number of nitrogens with one attached hydrogen (secondary N) is 1. The highest BCUT2D eigenvalue weighted by Crippen LogP contribution is 2.13. The Labute approximate surface area is 115 Å². The van der Waals surface area contributed by atoms with Crippen LogP contribution in [0.5, 0.6) is 0 Å². The third kappa shape index (κ3) is 3.12. The van der Waals surface area contributed by atoms with Gasteiger partial charge in [0, 0.05) is 23.4 Å². The maximum atomic E-state index is 13.4. The van der Waals surface area contributed by atoms with Crippen molar-refractivity contribution >= 4 is 11.6 Å². The first-order valence-corrected chi connectivity index (χ1v) is 6.05. The predicted octanol–water partition coefficient (Wildman–Crippen LogP) is 2.79. The number of carbonyl (C=O) groups is 1. The van der Waals surface area contributed by atoms with E-state index in [2.05, 4.69) is 5.32 Å². The van der Waals surface area contributed by atoms with Crippen LogP contribution in [0.1, 0.15) is 21.5 Å². The van der Waals surface area contributed by atoms with Gasteiger partial charge in [-0.3, -0.25) is 4.79 Å². The number of nitrogens with two attached hydrogens (primary N) is 1. The summed E-state index contributed by atoms with van der Waals surface area (Å²) in [6.07, 6.45) is 0. The standard InChI is InChI=1S/C15H14F2N2O/c1-9-2-3-10(7-14(9)18)15(20)19-8-11-6-12(16)4-5-13(11)17/h2-7H,8,18H2,1H3,(H,19,20). The lowest BCUT2D eigenvalue weighted by Crippen LogP contribution is -2.23. The number of aryl methyl sites for hydroxylation is 1. The van der Waals surface area contributed by atoms with Gasteiger partial charge in [-0.2, -0.15) is 0 Å². The third-order valence-electron chi connectivity index (χ3n) is 2.99. The molecular weight excluding hydrogens is 262 g/mol. The average molecular weight is 276 g/mol. The van der Waals surface area contributed by atoms with Gasteiger partial charge in [0.25, 0.3) is 5.91 Å². The fraction of sp³-hybridized carbons (Fsp3) is 0.133. The van der Waals surface area contributed by atoms with E-state index in [4.69, 9.17) is 5.73 Å². The maximum absolute atomic E-state index is 13.4. The van der Waals surface area contributed by atoms with Gasteiger partial charge < -0.3 is 11.1 Å². The summed E-state index contributed by atoms with van der Waals surface area (Å²) < 4.78 is 26.4. The Kier molecular flexibility index (Phi) is 3.98. The minimum Gasteiger partial charge on any atom is -0.398 e. The quantitative estimate of drug-likeness (QED) is 0.847. The second-order valence-corrected chi connectivity index (χ2v) is 4.49. The zero-order chi connectivity index (χ0) is 14.7. The van der Waals surface area contributed by atoms with Gasteiger partial charge in [0.15, 0.2) is 0 Å². The first-order chi connectivity index (χ1) is 9.47. The van der Waals surface area contributed by atoms with Gasteiger partial charge in [-0.05, 0) is 42.8 Å². The van der Waals surface area contributed by atoms with E-state index >= 15 is 0 Å². The number of rotatable bonds is 3. The Morgan fingerprint density at radius 3 is 2.65 bits per heavy atom. The number of anilines is 1. The van der Waals surface area contributed by atoms with Gasteiger partial charge in [0.05, 0.1) is 0 Å². The lowest BCUT2D eigenvalue weighted by atomic mass is 10.1. The van der Waals surface area contributed by atoms with E-state index in [0.29, 0.717) is 11.3 Å². The van der Waals surface area contributed by atoms with Gasteiger partial charge >= 0.3 is 0 Å². The highest BCUT2D eigenvalue weighted by molar-refractivity contribution is 5.95. The zero-order valence-electron chi connectivity index (χ0n) is 10.9. The Bertz CT molecular complexity index is 656. The monoisotopic (exact) mass is 276 g/mol. The molecule has 0 aliphatic rings. The molecule has 0 spiro atoms. The van der Waals surface area contributed by atoms with Gasteiger partial charge in [-0.15, -0.1) is 0 Å². The van der Waals surface area contributed by atoms with Crippen molar-refractivity contribution in [2.45, 2.75) is 13.5 Å². The van der Waals surface area contributed by atoms with Gasteiger partial charge in [0.2, 0.25) is 0 Å². The molecule has 0 aliphatic carbocycles. The Morgan fingerprint density at radius 2 is 1.95 bits per heavy atom. The van der Waals surface area contributed by atoms with Crippen LogP contribution in [-0.2, 0) is 6.54 Å². The molecule has 2 aromatic rings. The summed E-state index contributed by atoms with van der Waals surface area (Å²) in [6, 6.07) is 8.02. The number of carbonyl (C=O) groups excluding carboxylic acids is 1. The van der Waals surface area contributed by atoms with Crippen molar-refractivity contribution in [3.05, 3.63) is 64.7 Å². The first kappa shape index (κ1) is 14.0. The molecule has 5 heteroatoms. The summed E-state index contributed by atoms with van der Waals surface area (Å²) in [5.74, 6) is -1.49. The van der Waals surface area contributed by atoms with Crippen LogP contribution < -0.4 is 11.1 Å². The Balaban J connectivity index is 2.08. The molecule has 0 bridgehead atoms. The van der Waals surface area contributed by atoms with Gasteiger partial charge in [-0.25, -0.2) is 8.78 Å². The molecular formula is C15H14F2N2O. The van der Waals surface area contributed by atoms with E-state index in [9.17, 15) is 13.6 Å². The lowest BCUT2D eigenvalue weighted by molar-refractivity contribution is 0.0950. The summed E-state index contributed by atoms with van der Waals surface area (Å²) in [7, 11) is 0. The second kappa shape index (κ2) is 5.69. The normalized spacial score (nSPS) is 10.3. The maximum Gasteiger partial charge on any atom is 0.251 e. The molecule has 20 heavy (non-hydrogen) atoms. The molecule has 104 valence electrons. The molecule has 0 aliphatic heterocycles. The van der Waals surface area contributed by atoms with Crippen LogP contribution in [0.15, 0.2) is 36.4 Å². The van der Waals surface area contributed by atoms with Crippen LogP contribution in [0, 0.1) is 18.6 Å². The highest BCUT2D eigenvalue weighted by Gasteiger charge is 2.09. The molecule has 0 fully saturated rings. The summed E-state index contributed by atoms with van der Waals surface area (Å²) >= 11 is 0. The average Bonchev–Trinajstić information content (AvgIpc) is 2.42. The Morgan fingerprint density at radius 1 is 1.20 bits per heavy atom. The number of hydrogen-bond acceptors (Lipinski definition) is 2. The van der Waals surface area contributed by atoms with E-state index in [1.807, 2.05) is 6.92 Å². The highest BCUT2D eigenvalue weighted by atomic mass is 19.1. The van der Waals surface area contributed by atoms with E-state index in [-0.39, 0.29) is 18.0 Å². The van der Waals surface area contributed by atoms with Gasteiger partial charge in [0.1, 0.15) is 11.6 Å². The summed E-state index contributed by atoms with van der Waals surface area (Å²) in [6.45, 7) is 1.75. The number of amides is 1. The van der Waals surface area contributed by atoms with Crippen LogP contribution in [0.4, 0.5) is 14.5 Å². The van der Waals surface area contributed by atoms with Crippen LogP contribution in [-0.4, -0.2) is 5.91 Å². The van der Waals surface area contributed by atoms with E-state index in [1.165, 1.54) is 0 Å². The molecule has 0 radical (unpaired) electrons. The second-order valence-electron chi connectivity index (χ2n) is 4.49. The fourth-order valence-electron chi connectivity index (χ4n) is 1.74. The molecule has 0 unspecified atom stereocenters. The molecule has 0 saturated heterocycles. The number of hydrogen-bond donors (Lipinski definition) is 2. The molecule has 3 N–H and O–H groups in total. The summed E-state index contributed by atoms with van der Waals surface area (Å²) in [4.78, 5) is 11.9. The molecule has 3 nitrogen and oxygen atoms in total. The Hall–Kier alpha value is -2.43. The lowest BCUT2D eigenvalue weighted by Gasteiger charge is -2.08. The van der Waals surface area contributed by atoms with Crippen molar-refractivity contribution in [2.24, 2.45) is 0 Å². The number of nitrogen functional groups attached to an aromatic ring is 1. The number of benzene rings is 2. The minimum atomic E-state index is -0.560. The van der Waals surface area contributed by atoms with E-state index in [1.54, 1.807) is 18.2 Å². The minimum absolute atomic E-state index is 0.0871. The van der Waals surface area contributed by atoms with Crippen molar-refractivity contribution in [2.75, 3.05) is 5.73 Å². The van der Waals surface area contributed by atoms with Crippen molar-refractivity contribution in [3.8, 4) is 0 Å². The van der Waals surface area contributed by atoms with Crippen LogP contribution in [0.2, 0.25) is 0 Å². The summed E-state index contributed by atoms with van der Waals surface area (Å²) in [5, 5.41) is 2.53. The SMILES string of the molecule is Cc1ccc(C(=O)NCc2cc(F)ccc2F)cc1N. The first-order valence-electron chi connectivity index (χ1n) is 6.05. The molecule has 2 aromatic carbocycles. The zero-order valence-corrected chi connectivity index (χ0v) is 10.9. The molecule has 1 amide bonds. The van der Waals surface area contributed by atoms with E-state index in [0.717, 1.165) is 23.8 Å². The smallest absolute Gasteiger partial charge is 0.251 e. The van der Waals surface area contributed by atoms with Crippen molar-refractivity contribution in [3.63, 3.8) is 0 Å². The largest absolute Gasteiger partial charge is 0.398 e. The predicted molar refractivity (Wildman–Crippen MR) is 73.1 cm³/mol. The van der Waals surface area contributed by atoms with Crippen LogP contribution in [0.3, 0.4) is 0 Å². The summed E-state index contributed by atoms with van der Waals surface area (Å²) in [5.41, 5.74) is 7.58. The van der Waals surface area contributed by atoms with Crippen molar-refractivity contribution in [1.82, 2.24) is 5.32 Å². The topological polar surface area (TPSA) is 55.1 Å². The molecule has 0 heterocycles. The molecule has 0 atom stereocenters. The fourth-order valence-corrected chi connectivity index (χ4v) is 1.74. The van der Waals surface area contributed by atoms with Gasteiger partial charge in [-0.1, -0.05) is 6.07 Å². The number of halogens is 2. The van der Waals surface area contributed by atoms with Crippen molar-refractivity contribution in [1.29, 1.82) is 0 Å². The van der Waals surface area contributed by atoms with E-state index < -0.39 is 11.6 Å². The van der Waals surface area contributed by atoms with Crippen LogP contribution >= 0.6 is 0 Å². The molecule has 0 saturated carbocycles. The molecule has 0 aromatic heterocycles. The third-order valence-corrected chi connectivity index (χ3v) is 2.99. The van der Waals surface area contributed by atoms with Crippen LogP contribution in [0.25, 0.3) is 0 Å². The van der Waals surface area contributed by atoms with Crippen molar-refractivity contribution < 1.29 is 13.6 Å². The molecule has 2 rings (SSSR count).